The van der Waals surface area contributed by atoms with Crippen LogP contribution in [-0.4, -0.2) is 41.9 Å². The molecule has 164 valence electrons. The van der Waals surface area contributed by atoms with Crippen molar-refractivity contribution in [3.63, 3.8) is 0 Å². The van der Waals surface area contributed by atoms with Crippen LogP contribution in [-0.2, 0) is 11.2 Å². The van der Waals surface area contributed by atoms with Gasteiger partial charge in [-0.25, -0.2) is 4.39 Å². The standard InChI is InChI=1S/C24H37FN2O.ClH/c1-2-3-4-5-6-7-8-9-10-11-15-26-18-23-22-17-21(25)13-12-20(22)14-16-27(23)24(28)19-26;/h12-13,17,23H,2-11,14-16,18-19H2,1H3;1H. The third kappa shape index (κ3) is 6.96. The first-order chi connectivity index (χ1) is 13.7. The highest BCUT2D eigenvalue weighted by Gasteiger charge is 2.36. The van der Waals surface area contributed by atoms with Gasteiger partial charge in [0.15, 0.2) is 0 Å². The van der Waals surface area contributed by atoms with Crippen molar-refractivity contribution in [2.45, 2.75) is 83.6 Å². The number of fused-ring (bicyclic) bond motifs is 3. The van der Waals surface area contributed by atoms with Crippen LogP contribution >= 0.6 is 12.4 Å². The maximum Gasteiger partial charge on any atom is 0.237 e. The van der Waals surface area contributed by atoms with E-state index in [4.69, 9.17) is 0 Å². The summed E-state index contributed by atoms with van der Waals surface area (Å²) in [6.07, 6.45) is 14.1. The molecule has 0 aliphatic carbocycles. The lowest BCUT2D eigenvalue weighted by molar-refractivity contribution is -0.140. The minimum Gasteiger partial charge on any atom is -0.333 e. The molecule has 1 atom stereocenters. The molecule has 3 nitrogen and oxygen atoms in total. The highest BCUT2D eigenvalue weighted by atomic mass is 35.5. The Balaban J connectivity index is 0.00000300. The summed E-state index contributed by atoms with van der Waals surface area (Å²) in [6.45, 7) is 5.39. The molecule has 1 fully saturated rings. The number of nitrogens with zero attached hydrogens (tertiary/aromatic N) is 2. The quantitative estimate of drug-likeness (QED) is 0.412. The number of rotatable bonds is 11. The Labute approximate surface area is 182 Å². The lowest BCUT2D eigenvalue weighted by Gasteiger charge is -2.44. The van der Waals surface area contributed by atoms with Gasteiger partial charge in [0.25, 0.3) is 0 Å². The van der Waals surface area contributed by atoms with E-state index in [0.29, 0.717) is 6.54 Å². The van der Waals surface area contributed by atoms with E-state index in [9.17, 15) is 9.18 Å². The summed E-state index contributed by atoms with van der Waals surface area (Å²) < 4.78 is 13.8. The van der Waals surface area contributed by atoms with Crippen LogP contribution in [0.15, 0.2) is 18.2 Å². The van der Waals surface area contributed by atoms with Crippen LogP contribution in [0.1, 0.15) is 88.3 Å². The predicted octanol–water partition coefficient (Wildman–Crippen LogP) is 5.91. The molecule has 1 amide bonds. The van der Waals surface area contributed by atoms with Crippen LogP contribution in [0.3, 0.4) is 0 Å². The van der Waals surface area contributed by atoms with E-state index in [2.05, 4.69) is 11.8 Å². The fourth-order valence-electron chi connectivity index (χ4n) is 4.75. The maximum absolute atomic E-state index is 13.8. The molecule has 29 heavy (non-hydrogen) atoms. The molecule has 3 rings (SSSR count). The van der Waals surface area contributed by atoms with Gasteiger partial charge >= 0.3 is 0 Å². The van der Waals surface area contributed by atoms with Gasteiger partial charge < -0.3 is 4.90 Å². The van der Waals surface area contributed by atoms with Crippen LogP contribution < -0.4 is 0 Å². The van der Waals surface area contributed by atoms with Gasteiger partial charge in [-0.1, -0.05) is 70.8 Å². The second-order valence-corrected chi connectivity index (χ2v) is 8.61. The number of carbonyl (C=O) groups is 1. The molecule has 0 saturated carbocycles. The number of benzene rings is 1. The lowest BCUT2D eigenvalue weighted by Crippen LogP contribution is -2.54. The van der Waals surface area contributed by atoms with E-state index < -0.39 is 0 Å². The zero-order valence-electron chi connectivity index (χ0n) is 18.0. The molecular formula is C24H38ClFN2O. The summed E-state index contributed by atoms with van der Waals surface area (Å²) >= 11 is 0. The van der Waals surface area contributed by atoms with E-state index >= 15 is 0 Å². The van der Waals surface area contributed by atoms with Gasteiger partial charge in [0.2, 0.25) is 5.91 Å². The molecule has 0 radical (unpaired) electrons. The minimum absolute atomic E-state index is 0. The zero-order chi connectivity index (χ0) is 19.8. The van der Waals surface area contributed by atoms with Crippen molar-refractivity contribution in [3.05, 3.63) is 35.1 Å². The number of hydrogen-bond donors (Lipinski definition) is 0. The van der Waals surface area contributed by atoms with Gasteiger partial charge in [-0.3, -0.25) is 9.69 Å². The highest BCUT2D eigenvalue weighted by molar-refractivity contribution is 5.85. The molecule has 1 aromatic carbocycles. The number of halogens is 2. The molecule has 2 heterocycles. The molecule has 0 aromatic heterocycles. The van der Waals surface area contributed by atoms with Gasteiger partial charge in [-0.2, -0.15) is 0 Å². The SMILES string of the molecule is CCCCCCCCCCCCN1CC(=O)N2CCc3ccc(F)cc3C2C1.Cl. The van der Waals surface area contributed by atoms with Crippen molar-refractivity contribution < 1.29 is 9.18 Å². The Bertz CT molecular complexity index is 639. The molecular weight excluding hydrogens is 387 g/mol. The van der Waals surface area contributed by atoms with Crippen molar-refractivity contribution in [2.24, 2.45) is 0 Å². The molecule has 2 aliphatic rings. The van der Waals surface area contributed by atoms with Crippen molar-refractivity contribution >= 4 is 18.3 Å². The van der Waals surface area contributed by atoms with Gasteiger partial charge in [-0.05, 0) is 42.6 Å². The average Bonchev–Trinajstić information content (AvgIpc) is 2.69. The second kappa shape index (κ2) is 12.5. The Kier molecular flexibility index (Phi) is 10.4. The molecule has 0 N–H and O–H groups in total. The normalized spacial score (nSPS) is 18.9. The first-order valence-corrected chi connectivity index (χ1v) is 11.5. The van der Waals surface area contributed by atoms with Crippen molar-refractivity contribution in [2.75, 3.05) is 26.2 Å². The molecule has 1 aromatic rings. The summed E-state index contributed by atoms with van der Waals surface area (Å²) in [7, 11) is 0. The fraction of sp³-hybridized carbons (Fsp3) is 0.708. The summed E-state index contributed by atoms with van der Waals surface area (Å²) in [6, 6.07) is 5.11. The molecule has 1 saturated heterocycles. The third-order valence-electron chi connectivity index (χ3n) is 6.40. The zero-order valence-corrected chi connectivity index (χ0v) is 18.8. The monoisotopic (exact) mass is 424 g/mol. The van der Waals surface area contributed by atoms with Gasteiger partial charge in [0.05, 0.1) is 12.6 Å². The van der Waals surface area contributed by atoms with Gasteiger partial charge in [-0.15, -0.1) is 12.4 Å². The first-order valence-electron chi connectivity index (χ1n) is 11.5. The van der Waals surface area contributed by atoms with Crippen molar-refractivity contribution in [3.8, 4) is 0 Å². The Morgan fingerprint density at radius 1 is 1.00 bits per heavy atom. The third-order valence-corrected chi connectivity index (χ3v) is 6.40. The molecule has 1 unspecified atom stereocenters. The number of piperazine rings is 1. The second-order valence-electron chi connectivity index (χ2n) is 8.61. The predicted molar refractivity (Wildman–Crippen MR) is 120 cm³/mol. The number of carbonyl (C=O) groups excluding carboxylic acids is 1. The van der Waals surface area contributed by atoms with E-state index in [0.717, 1.165) is 38.0 Å². The van der Waals surface area contributed by atoms with Crippen LogP contribution in [0, 0.1) is 5.82 Å². The summed E-state index contributed by atoms with van der Waals surface area (Å²) in [5.74, 6) is 0.0121. The molecule has 2 aliphatic heterocycles. The summed E-state index contributed by atoms with van der Waals surface area (Å²) in [5, 5.41) is 0. The summed E-state index contributed by atoms with van der Waals surface area (Å²) in [5.41, 5.74) is 2.23. The first kappa shape index (κ1) is 24.1. The maximum atomic E-state index is 13.8. The van der Waals surface area contributed by atoms with Crippen LogP contribution in [0.25, 0.3) is 0 Å². The Morgan fingerprint density at radius 2 is 1.66 bits per heavy atom. The molecule has 5 heteroatoms. The fourth-order valence-corrected chi connectivity index (χ4v) is 4.75. The Hall–Kier alpha value is -1.13. The smallest absolute Gasteiger partial charge is 0.237 e. The molecule has 0 spiro atoms. The minimum atomic E-state index is -0.195. The largest absolute Gasteiger partial charge is 0.333 e. The molecule has 0 bridgehead atoms. The van der Waals surface area contributed by atoms with Gasteiger partial charge in [0.1, 0.15) is 5.82 Å². The van der Waals surface area contributed by atoms with Crippen molar-refractivity contribution in [1.29, 1.82) is 0 Å². The lowest BCUT2D eigenvalue weighted by atomic mass is 9.90. The highest BCUT2D eigenvalue weighted by Crippen LogP contribution is 2.33. The Morgan fingerprint density at radius 3 is 2.34 bits per heavy atom. The van der Waals surface area contributed by atoms with E-state index in [1.807, 2.05) is 11.0 Å². The van der Waals surface area contributed by atoms with Crippen molar-refractivity contribution in [1.82, 2.24) is 9.80 Å². The van der Waals surface area contributed by atoms with Crippen LogP contribution in [0.5, 0.6) is 0 Å². The average molecular weight is 425 g/mol. The van der Waals surface area contributed by atoms with Gasteiger partial charge in [0, 0.05) is 13.1 Å². The number of unbranched alkanes of at least 4 members (excludes halogenated alkanes) is 9. The van der Waals surface area contributed by atoms with E-state index in [1.54, 1.807) is 12.1 Å². The topological polar surface area (TPSA) is 23.6 Å². The summed E-state index contributed by atoms with van der Waals surface area (Å²) in [4.78, 5) is 16.9. The van der Waals surface area contributed by atoms with Crippen LogP contribution in [0.2, 0.25) is 0 Å². The van der Waals surface area contributed by atoms with E-state index in [1.165, 1.54) is 63.4 Å². The van der Waals surface area contributed by atoms with E-state index in [-0.39, 0.29) is 30.2 Å². The number of hydrogen-bond acceptors (Lipinski definition) is 2. The number of amides is 1. The van der Waals surface area contributed by atoms with Crippen LogP contribution in [0.4, 0.5) is 4.39 Å².